The largest absolute Gasteiger partial charge is 0.287 e. The molecule has 1 atom stereocenters. The summed E-state index contributed by atoms with van der Waals surface area (Å²) >= 11 is 3.80. The van der Waals surface area contributed by atoms with E-state index in [1.54, 1.807) is 0 Å². The van der Waals surface area contributed by atoms with Crippen LogP contribution in [0.4, 0.5) is 0 Å². The van der Waals surface area contributed by atoms with Gasteiger partial charge in [-0.2, -0.15) is 0 Å². The van der Waals surface area contributed by atoms with Crippen molar-refractivity contribution in [3.05, 3.63) is 35.9 Å². The SMILES string of the molecule is CCC(CC(=O)S)c1ccccc1. The molecule has 0 fully saturated rings. The number of hydrogen-bond acceptors (Lipinski definition) is 1. The minimum absolute atomic E-state index is 0.0318. The fourth-order valence-electron chi connectivity index (χ4n) is 1.43. The van der Waals surface area contributed by atoms with Crippen LogP contribution in [0, 0.1) is 0 Å². The monoisotopic (exact) mass is 194 g/mol. The summed E-state index contributed by atoms with van der Waals surface area (Å²) < 4.78 is 0. The maximum absolute atomic E-state index is 10.9. The zero-order valence-corrected chi connectivity index (χ0v) is 8.63. The van der Waals surface area contributed by atoms with E-state index in [0.29, 0.717) is 12.3 Å². The van der Waals surface area contributed by atoms with E-state index in [9.17, 15) is 4.79 Å². The molecule has 0 aliphatic rings. The van der Waals surface area contributed by atoms with Crippen LogP contribution in [-0.2, 0) is 4.79 Å². The Balaban J connectivity index is 2.73. The molecular formula is C11H14OS. The Morgan fingerprint density at radius 2 is 2.00 bits per heavy atom. The third kappa shape index (κ3) is 3.23. The maximum Gasteiger partial charge on any atom is 0.186 e. The van der Waals surface area contributed by atoms with Crippen molar-refractivity contribution in [2.75, 3.05) is 0 Å². The van der Waals surface area contributed by atoms with E-state index in [0.717, 1.165) is 6.42 Å². The minimum Gasteiger partial charge on any atom is -0.287 e. The fourth-order valence-corrected chi connectivity index (χ4v) is 1.65. The first kappa shape index (κ1) is 10.3. The van der Waals surface area contributed by atoms with E-state index in [4.69, 9.17) is 0 Å². The number of benzene rings is 1. The predicted octanol–water partition coefficient (Wildman–Crippen LogP) is 3.03. The van der Waals surface area contributed by atoms with Gasteiger partial charge < -0.3 is 0 Å². The van der Waals surface area contributed by atoms with E-state index in [2.05, 4.69) is 31.7 Å². The van der Waals surface area contributed by atoms with Crippen molar-refractivity contribution in [2.45, 2.75) is 25.7 Å². The molecule has 0 spiro atoms. The average molecular weight is 194 g/mol. The molecule has 1 aromatic rings. The highest BCUT2D eigenvalue weighted by Gasteiger charge is 2.10. The molecule has 0 radical (unpaired) electrons. The van der Waals surface area contributed by atoms with Crippen LogP contribution in [0.1, 0.15) is 31.2 Å². The Hall–Kier alpha value is -0.760. The van der Waals surface area contributed by atoms with Gasteiger partial charge in [-0.3, -0.25) is 4.79 Å². The van der Waals surface area contributed by atoms with Gasteiger partial charge in [-0.25, -0.2) is 0 Å². The molecule has 0 bridgehead atoms. The van der Waals surface area contributed by atoms with Gasteiger partial charge >= 0.3 is 0 Å². The van der Waals surface area contributed by atoms with E-state index in [1.807, 2.05) is 18.2 Å². The van der Waals surface area contributed by atoms with Gasteiger partial charge in [0.05, 0.1) is 0 Å². The molecule has 13 heavy (non-hydrogen) atoms. The van der Waals surface area contributed by atoms with Gasteiger partial charge in [0.1, 0.15) is 0 Å². The van der Waals surface area contributed by atoms with Crippen molar-refractivity contribution in [3.8, 4) is 0 Å². The molecule has 0 aromatic heterocycles. The van der Waals surface area contributed by atoms with Crippen molar-refractivity contribution in [1.82, 2.24) is 0 Å². The predicted molar refractivity (Wildman–Crippen MR) is 58.1 cm³/mol. The Morgan fingerprint density at radius 1 is 1.38 bits per heavy atom. The molecule has 0 saturated carbocycles. The molecule has 0 saturated heterocycles. The summed E-state index contributed by atoms with van der Waals surface area (Å²) in [5, 5.41) is -0.0318. The lowest BCUT2D eigenvalue weighted by molar-refractivity contribution is -0.111. The highest BCUT2D eigenvalue weighted by atomic mass is 32.1. The van der Waals surface area contributed by atoms with Crippen LogP contribution in [-0.4, -0.2) is 5.12 Å². The van der Waals surface area contributed by atoms with Gasteiger partial charge in [0, 0.05) is 6.42 Å². The quantitative estimate of drug-likeness (QED) is 0.729. The topological polar surface area (TPSA) is 17.1 Å². The molecule has 0 amide bonds. The second kappa shape index (κ2) is 5.07. The molecule has 0 heterocycles. The molecule has 0 aliphatic heterocycles. The Labute approximate surface area is 84.6 Å². The number of carbonyl (C=O) groups is 1. The van der Waals surface area contributed by atoms with Crippen LogP contribution in [0.25, 0.3) is 0 Å². The van der Waals surface area contributed by atoms with E-state index in [-0.39, 0.29) is 5.12 Å². The molecule has 0 N–H and O–H groups in total. The molecule has 1 aromatic carbocycles. The molecular weight excluding hydrogens is 180 g/mol. The normalized spacial score (nSPS) is 12.5. The van der Waals surface area contributed by atoms with Crippen LogP contribution in [0.2, 0.25) is 0 Å². The molecule has 2 heteroatoms. The van der Waals surface area contributed by atoms with Crippen molar-refractivity contribution in [1.29, 1.82) is 0 Å². The van der Waals surface area contributed by atoms with Crippen LogP contribution in [0.5, 0.6) is 0 Å². The van der Waals surface area contributed by atoms with Crippen molar-refractivity contribution in [3.63, 3.8) is 0 Å². The Morgan fingerprint density at radius 3 is 2.46 bits per heavy atom. The molecule has 1 rings (SSSR count). The fraction of sp³-hybridized carbons (Fsp3) is 0.364. The number of carbonyl (C=O) groups excluding carboxylic acids is 1. The summed E-state index contributed by atoms with van der Waals surface area (Å²) in [6.45, 7) is 2.09. The van der Waals surface area contributed by atoms with E-state index >= 15 is 0 Å². The van der Waals surface area contributed by atoms with Crippen LogP contribution >= 0.6 is 12.6 Å². The summed E-state index contributed by atoms with van der Waals surface area (Å²) in [5.41, 5.74) is 1.23. The van der Waals surface area contributed by atoms with Crippen LogP contribution in [0.3, 0.4) is 0 Å². The number of thiol groups is 1. The van der Waals surface area contributed by atoms with Crippen molar-refractivity contribution >= 4 is 17.7 Å². The minimum atomic E-state index is -0.0318. The first-order valence-corrected chi connectivity index (χ1v) is 4.95. The molecule has 1 nitrogen and oxygen atoms in total. The second-order valence-electron chi connectivity index (χ2n) is 3.11. The number of rotatable bonds is 4. The smallest absolute Gasteiger partial charge is 0.186 e. The third-order valence-electron chi connectivity index (χ3n) is 2.18. The van der Waals surface area contributed by atoms with Crippen molar-refractivity contribution in [2.24, 2.45) is 0 Å². The Kier molecular flexibility index (Phi) is 4.03. The van der Waals surface area contributed by atoms with E-state index < -0.39 is 0 Å². The third-order valence-corrected chi connectivity index (χ3v) is 2.37. The van der Waals surface area contributed by atoms with Crippen molar-refractivity contribution < 1.29 is 4.79 Å². The lowest BCUT2D eigenvalue weighted by Gasteiger charge is -2.12. The van der Waals surface area contributed by atoms with Gasteiger partial charge in [-0.05, 0) is 17.9 Å². The van der Waals surface area contributed by atoms with Crippen LogP contribution < -0.4 is 0 Å². The van der Waals surface area contributed by atoms with Crippen LogP contribution in [0.15, 0.2) is 30.3 Å². The van der Waals surface area contributed by atoms with Gasteiger partial charge in [-0.1, -0.05) is 37.3 Å². The summed E-state index contributed by atoms with van der Waals surface area (Å²) in [5.74, 6) is 0.325. The summed E-state index contributed by atoms with van der Waals surface area (Å²) in [7, 11) is 0. The van der Waals surface area contributed by atoms with Gasteiger partial charge in [0.15, 0.2) is 5.12 Å². The molecule has 0 aliphatic carbocycles. The highest BCUT2D eigenvalue weighted by molar-refractivity contribution is 7.96. The highest BCUT2D eigenvalue weighted by Crippen LogP contribution is 2.23. The van der Waals surface area contributed by atoms with Gasteiger partial charge in [-0.15, -0.1) is 12.6 Å². The lowest BCUT2D eigenvalue weighted by Crippen LogP contribution is -2.01. The summed E-state index contributed by atoms with van der Waals surface area (Å²) in [6, 6.07) is 10.1. The zero-order valence-electron chi connectivity index (χ0n) is 7.73. The molecule has 70 valence electrons. The zero-order chi connectivity index (χ0) is 9.68. The molecule has 1 unspecified atom stereocenters. The standard InChI is InChI=1S/C11H14OS/c1-2-9(8-11(12)13)10-6-4-3-5-7-10/h3-7,9H,2,8H2,1H3,(H,12,13). The van der Waals surface area contributed by atoms with E-state index in [1.165, 1.54) is 5.56 Å². The first-order chi connectivity index (χ1) is 6.24. The first-order valence-electron chi connectivity index (χ1n) is 4.50. The average Bonchev–Trinajstić information content (AvgIpc) is 2.15. The maximum atomic E-state index is 10.9. The Bertz CT molecular complexity index is 269. The summed E-state index contributed by atoms with van der Waals surface area (Å²) in [6.07, 6.45) is 1.51. The second-order valence-corrected chi connectivity index (χ2v) is 3.61. The summed E-state index contributed by atoms with van der Waals surface area (Å²) in [4.78, 5) is 10.9. The number of hydrogen-bond donors (Lipinski definition) is 1. The lowest BCUT2D eigenvalue weighted by atomic mass is 9.94. The van der Waals surface area contributed by atoms with Gasteiger partial charge in [0.2, 0.25) is 0 Å². The van der Waals surface area contributed by atoms with Gasteiger partial charge in [0.25, 0.3) is 0 Å².